The van der Waals surface area contributed by atoms with Crippen LogP contribution in [0.2, 0.25) is 0 Å². The molecular formula is C25H25N3O5. The maximum Gasteiger partial charge on any atom is 0.262 e. The molecule has 0 bridgehead atoms. The minimum atomic E-state index is -0.419. The third-order valence-corrected chi connectivity index (χ3v) is 5.29. The van der Waals surface area contributed by atoms with Gasteiger partial charge in [-0.3, -0.25) is 19.3 Å². The molecule has 1 aromatic heterocycles. The van der Waals surface area contributed by atoms with Crippen LogP contribution in [0.1, 0.15) is 23.8 Å². The van der Waals surface area contributed by atoms with Crippen LogP contribution < -0.4 is 20.8 Å². The lowest BCUT2D eigenvalue weighted by molar-refractivity contribution is -0.118. The molecule has 8 nitrogen and oxygen atoms in total. The average Bonchev–Trinajstić information content (AvgIpc) is 2.79. The monoisotopic (exact) mass is 447 g/mol. The van der Waals surface area contributed by atoms with Crippen LogP contribution in [-0.4, -0.2) is 29.9 Å². The van der Waals surface area contributed by atoms with Gasteiger partial charge in [-0.15, -0.1) is 0 Å². The van der Waals surface area contributed by atoms with Crippen molar-refractivity contribution < 1.29 is 18.7 Å². The van der Waals surface area contributed by atoms with Crippen molar-refractivity contribution in [3.05, 3.63) is 88.0 Å². The summed E-state index contributed by atoms with van der Waals surface area (Å²) in [6.45, 7) is 3.32. The van der Waals surface area contributed by atoms with E-state index in [1.807, 2.05) is 6.07 Å². The molecule has 2 amide bonds. The van der Waals surface area contributed by atoms with Gasteiger partial charge in [0.1, 0.15) is 12.0 Å². The molecule has 0 radical (unpaired) electrons. The van der Waals surface area contributed by atoms with Gasteiger partial charge in [-0.1, -0.05) is 24.3 Å². The number of amides is 2. The largest absolute Gasteiger partial charge is 0.477 e. The Morgan fingerprint density at radius 2 is 1.73 bits per heavy atom. The number of ether oxygens (including phenoxy) is 1. The normalized spacial score (nSPS) is 13.1. The van der Waals surface area contributed by atoms with Crippen molar-refractivity contribution in [3.8, 4) is 5.75 Å². The van der Waals surface area contributed by atoms with Crippen molar-refractivity contribution in [1.29, 1.82) is 0 Å². The van der Waals surface area contributed by atoms with Crippen LogP contribution in [0.4, 0.5) is 11.4 Å². The van der Waals surface area contributed by atoms with Crippen molar-refractivity contribution in [2.24, 2.45) is 0 Å². The van der Waals surface area contributed by atoms with E-state index in [2.05, 4.69) is 33.7 Å². The molecule has 0 fully saturated rings. The number of nitrogens with one attached hydrogen (secondary N) is 2. The third kappa shape index (κ3) is 6.08. The van der Waals surface area contributed by atoms with Gasteiger partial charge in [0.25, 0.3) is 5.91 Å². The van der Waals surface area contributed by atoms with Gasteiger partial charge in [0.2, 0.25) is 17.1 Å². The molecule has 0 spiro atoms. The van der Waals surface area contributed by atoms with Crippen LogP contribution in [0.25, 0.3) is 0 Å². The summed E-state index contributed by atoms with van der Waals surface area (Å²) in [6.07, 6.45) is 2.22. The summed E-state index contributed by atoms with van der Waals surface area (Å²) in [5.41, 5.74) is 3.50. The molecule has 0 unspecified atom stereocenters. The van der Waals surface area contributed by atoms with Crippen molar-refractivity contribution in [2.75, 3.05) is 23.8 Å². The first-order chi connectivity index (χ1) is 16.0. The smallest absolute Gasteiger partial charge is 0.262 e. The first-order valence-electron chi connectivity index (χ1n) is 10.7. The number of carbonyl (C=O) groups is 2. The van der Waals surface area contributed by atoms with E-state index in [1.165, 1.54) is 30.4 Å². The molecule has 0 saturated heterocycles. The molecule has 0 aliphatic carbocycles. The molecule has 33 heavy (non-hydrogen) atoms. The summed E-state index contributed by atoms with van der Waals surface area (Å²) in [5.74, 6) is -0.0571. The van der Waals surface area contributed by atoms with Crippen molar-refractivity contribution >= 4 is 23.2 Å². The average molecular weight is 447 g/mol. The van der Waals surface area contributed by atoms with Crippen molar-refractivity contribution in [2.45, 2.75) is 26.4 Å². The highest BCUT2D eigenvalue weighted by atomic mass is 16.5. The van der Waals surface area contributed by atoms with E-state index in [-0.39, 0.29) is 23.7 Å². The predicted octanol–water partition coefficient (Wildman–Crippen LogP) is 3.17. The van der Waals surface area contributed by atoms with Crippen LogP contribution in [0.3, 0.4) is 0 Å². The molecule has 0 atom stereocenters. The van der Waals surface area contributed by atoms with Crippen molar-refractivity contribution in [1.82, 2.24) is 4.90 Å². The van der Waals surface area contributed by atoms with Crippen LogP contribution in [0, 0.1) is 0 Å². The number of hydrogen-bond donors (Lipinski definition) is 2. The number of hydrogen-bond acceptors (Lipinski definition) is 6. The first kappa shape index (κ1) is 22.3. The van der Waals surface area contributed by atoms with Crippen LogP contribution in [0.15, 0.2) is 70.1 Å². The summed E-state index contributed by atoms with van der Waals surface area (Å²) >= 11 is 0. The van der Waals surface area contributed by atoms with E-state index in [0.29, 0.717) is 23.7 Å². The molecule has 3 aromatic rings. The third-order valence-electron chi connectivity index (χ3n) is 5.29. The second kappa shape index (κ2) is 10.1. The summed E-state index contributed by atoms with van der Waals surface area (Å²) in [6, 6.07) is 16.4. The quantitative estimate of drug-likeness (QED) is 0.577. The molecule has 0 saturated carbocycles. The molecule has 2 aromatic carbocycles. The zero-order valence-corrected chi connectivity index (χ0v) is 18.3. The minimum absolute atomic E-state index is 0.0149. The first-order valence-corrected chi connectivity index (χ1v) is 10.7. The lowest BCUT2D eigenvalue weighted by Gasteiger charge is -2.28. The Labute approximate surface area is 191 Å². The minimum Gasteiger partial charge on any atom is -0.477 e. The van der Waals surface area contributed by atoms with Gasteiger partial charge >= 0.3 is 0 Å². The fourth-order valence-corrected chi connectivity index (χ4v) is 3.72. The van der Waals surface area contributed by atoms with E-state index in [1.54, 1.807) is 24.3 Å². The van der Waals surface area contributed by atoms with E-state index in [4.69, 9.17) is 9.15 Å². The summed E-state index contributed by atoms with van der Waals surface area (Å²) < 4.78 is 10.9. The molecule has 2 N–H and O–H groups in total. The Balaban J connectivity index is 1.28. The highest BCUT2D eigenvalue weighted by Gasteiger charge is 2.17. The Bertz CT molecular complexity index is 1200. The number of fused-ring (bicyclic) bond motifs is 1. The zero-order chi connectivity index (χ0) is 23.2. The number of nitrogens with zero attached hydrogens (tertiary/aromatic N) is 1. The number of rotatable bonds is 7. The van der Waals surface area contributed by atoms with Gasteiger partial charge in [0, 0.05) is 37.5 Å². The van der Waals surface area contributed by atoms with Crippen LogP contribution in [0.5, 0.6) is 5.75 Å². The van der Waals surface area contributed by atoms with Gasteiger partial charge < -0.3 is 19.8 Å². The SMILES string of the molecule is CC(=O)Nc1ccc(NC(=O)COc2coc(CN3CCc4ccccc4C3)cc2=O)cc1. The number of carbonyl (C=O) groups excluding carboxylic acids is 2. The van der Waals surface area contributed by atoms with E-state index in [9.17, 15) is 14.4 Å². The summed E-state index contributed by atoms with van der Waals surface area (Å²) in [5, 5.41) is 5.32. The number of anilines is 2. The van der Waals surface area contributed by atoms with Gasteiger partial charge in [0.15, 0.2) is 6.61 Å². The number of benzene rings is 2. The Morgan fingerprint density at radius 1 is 1.03 bits per heavy atom. The molecule has 4 rings (SSSR count). The van der Waals surface area contributed by atoms with Crippen molar-refractivity contribution in [3.63, 3.8) is 0 Å². The molecule has 1 aliphatic rings. The van der Waals surface area contributed by atoms with Crippen LogP contribution >= 0.6 is 0 Å². The fourth-order valence-electron chi connectivity index (χ4n) is 3.72. The second-order valence-electron chi connectivity index (χ2n) is 7.90. The Kier molecular flexibility index (Phi) is 6.85. The van der Waals surface area contributed by atoms with Gasteiger partial charge in [0.05, 0.1) is 6.54 Å². The fraction of sp³-hybridized carbons (Fsp3) is 0.240. The molecule has 170 valence electrons. The van der Waals surface area contributed by atoms with E-state index < -0.39 is 5.91 Å². The Morgan fingerprint density at radius 3 is 2.42 bits per heavy atom. The standard InChI is InChI=1S/C25H25N3O5/c1-17(29)26-20-6-8-21(9-7-20)27-25(31)16-33-24-15-32-22(12-23(24)30)14-28-11-10-18-4-2-3-5-19(18)13-28/h2-9,12,15H,10-11,13-14,16H2,1H3,(H,26,29)(H,27,31). The van der Waals surface area contributed by atoms with E-state index in [0.717, 1.165) is 19.5 Å². The van der Waals surface area contributed by atoms with E-state index >= 15 is 0 Å². The molecule has 8 heteroatoms. The summed E-state index contributed by atoms with van der Waals surface area (Å²) in [7, 11) is 0. The van der Waals surface area contributed by atoms with Gasteiger partial charge in [-0.2, -0.15) is 0 Å². The Hall–Kier alpha value is -3.91. The maximum atomic E-state index is 12.4. The summed E-state index contributed by atoms with van der Waals surface area (Å²) in [4.78, 5) is 37.8. The highest BCUT2D eigenvalue weighted by molar-refractivity contribution is 5.93. The molecular weight excluding hydrogens is 422 g/mol. The molecule has 1 aliphatic heterocycles. The predicted molar refractivity (Wildman–Crippen MR) is 124 cm³/mol. The lowest BCUT2D eigenvalue weighted by Crippen LogP contribution is -2.30. The second-order valence-corrected chi connectivity index (χ2v) is 7.90. The molecule has 2 heterocycles. The zero-order valence-electron chi connectivity index (χ0n) is 18.3. The van der Waals surface area contributed by atoms with Gasteiger partial charge in [-0.25, -0.2) is 0 Å². The maximum absolute atomic E-state index is 12.4. The lowest BCUT2D eigenvalue weighted by atomic mass is 10.00. The van der Waals surface area contributed by atoms with Crippen LogP contribution in [-0.2, 0) is 29.1 Å². The van der Waals surface area contributed by atoms with Gasteiger partial charge in [-0.05, 0) is 41.8 Å². The highest BCUT2D eigenvalue weighted by Crippen LogP contribution is 2.20. The topological polar surface area (TPSA) is 101 Å².